The zero-order valence-electron chi connectivity index (χ0n) is 14.3. The van der Waals surface area contributed by atoms with E-state index in [4.69, 9.17) is 17.0 Å². The fraction of sp³-hybridized carbons (Fsp3) is 0.444. The topological polar surface area (TPSA) is 34.0 Å². The van der Waals surface area contributed by atoms with Gasteiger partial charge in [0.15, 0.2) is 6.54 Å². The molecule has 1 saturated heterocycles. The number of nitrogens with one attached hydrogen (secondary N) is 1. The van der Waals surface area contributed by atoms with Crippen LogP contribution in [0.1, 0.15) is 18.7 Å². The number of hydrogen-bond donors (Lipinski definition) is 1. The average Bonchev–Trinajstić information content (AvgIpc) is 2.99. The van der Waals surface area contributed by atoms with Crippen LogP contribution in [0.5, 0.6) is 0 Å². The predicted molar refractivity (Wildman–Crippen MR) is 105 cm³/mol. The van der Waals surface area contributed by atoms with E-state index in [0.29, 0.717) is 6.54 Å². The van der Waals surface area contributed by atoms with E-state index in [9.17, 15) is 4.79 Å². The van der Waals surface area contributed by atoms with Crippen molar-refractivity contribution in [1.82, 2.24) is 0 Å². The molecule has 0 radical (unpaired) electrons. The molecule has 132 valence electrons. The maximum atomic E-state index is 13.3. The number of morpholine rings is 1. The number of hydrogen-bond acceptors (Lipinski definition) is 5. The maximum absolute atomic E-state index is 13.3. The number of ether oxygens (including phenoxy) is 1. The van der Waals surface area contributed by atoms with Gasteiger partial charge in [0.1, 0.15) is 16.9 Å². The number of fused-ring (bicyclic) bond motifs is 3. The molecule has 1 aromatic heterocycles. The first-order valence-corrected chi connectivity index (χ1v) is 11.0. The minimum atomic E-state index is -0.384. The molecule has 3 heterocycles. The summed E-state index contributed by atoms with van der Waals surface area (Å²) in [5.41, 5.74) is 2.83. The largest absolute Gasteiger partial charge is 0.370 e. The molecule has 2 aliphatic rings. The number of benzene rings is 1. The fourth-order valence-corrected chi connectivity index (χ4v) is 7.04. The van der Waals surface area contributed by atoms with Crippen LogP contribution in [0.15, 0.2) is 24.3 Å². The summed E-state index contributed by atoms with van der Waals surface area (Å²) in [5.74, 6) is 0.171. The van der Waals surface area contributed by atoms with Gasteiger partial charge in [-0.1, -0.05) is 51.1 Å². The highest BCUT2D eigenvalue weighted by Crippen LogP contribution is 2.51. The van der Waals surface area contributed by atoms with Crippen molar-refractivity contribution in [2.24, 2.45) is 0 Å². The molecule has 0 bridgehead atoms. The third-order valence-corrected chi connectivity index (χ3v) is 8.34. The van der Waals surface area contributed by atoms with Crippen molar-refractivity contribution < 1.29 is 14.4 Å². The van der Waals surface area contributed by atoms with Gasteiger partial charge >= 0.3 is 0 Å². The number of nitrogens with zero attached hydrogens (tertiary/aromatic N) is 1. The third kappa shape index (κ3) is 2.88. The molecule has 0 atom stereocenters. The molecule has 1 aromatic carbocycles. The Morgan fingerprint density at radius 1 is 1.28 bits per heavy atom. The van der Waals surface area contributed by atoms with Crippen molar-refractivity contribution >= 4 is 44.5 Å². The number of anilines is 1. The molecule has 1 amide bonds. The smallest absolute Gasteiger partial charge is 0.282 e. The van der Waals surface area contributed by atoms with E-state index >= 15 is 0 Å². The zero-order chi connectivity index (χ0) is 17.6. The van der Waals surface area contributed by atoms with Crippen LogP contribution in [0.3, 0.4) is 0 Å². The molecule has 1 N–H and O–H groups in total. The van der Waals surface area contributed by atoms with E-state index in [-0.39, 0.29) is 11.4 Å². The molecule has 0 saturated carbocycles. The van der Waals surface area contributed by atoms with Crippen molar-refractivity contribution in [2.45, 2.75) is 19.4 Å². The van der Waals surface area contributed by atoms with Crippen molar-refractivity contribution in [3.05, 3.63) is 33.0 Å². The lowest BCUT2D eigenvalue weighted by atomic mass is 9.87. The summed E-state index contributed by atoms with van der Waals surface area (Å²) in [4.78, 5) is 17.8. The summed E-state index contributed by atoms with van der Waals surface area (Å²) in [6.07, 6.45) is 0. The quantitative estimate of drug-likeness (QED) is 0.629. The first-order chi connectivity index (χ1) is 12.0. The maximum Gasteiger partial charge on any atom is 0.282 e. The van der Waals surface area contributed by atoms with Crippen LogP contribution in [-0.4, -0.2) is 38.8 Å². The molecule has 2 aromatic rings. The molecule has 2 aliphatic heterocycles. The molecule has 0 spiro atoms. The highest BCUT2D eigenvalue weighted by atomic mass is 32.9. The summed E-state index contributed by atoms with van der Waals surface area (Å²) >= 11 is 5.59. The molecule has 7 heteroatoms. The second kappa shape index (κ2) is 6.55. The van der Waals surface area contributed by atoms with Crippen LogP contribution in [-0.2, 0) is 15.1 Å². The molecule has 0 unspecified atom stereocenters. The van der Waals surface area contributed by atoms with Crippen molar-refractivity contribution in [3.63, 3.8) is 0 Å². The summed E-state index contributed by atoms with van der Waals surface area (Å²) in [6, 6.07) is 8.15. The van der Waals surface area contributed by atoms with Gasteiger partial charge in [0, 0.05) is 11.1 Å². The Morgan fingerprint density at radius 2 is 2.00 bits per heavy atom. The van der Waals surface area contributed by atoms with Crippen molar-refractivity contribution in [1.29, 1.82) is 0 Å². The second-order valence-corrected chi connectivity index (χ2v) is 9.82. The SMILES string of the molecule is CC1(C)c2ssc(=S)c2-c2ccccc2N1C(=O)C[NH+]1CCOCC1. The standard InChI is InChI=1S/C18H20N2O2S3/c1-18(2)16-15(17(23)25-24-16)12-5-3-4-6-13(12)20(18)14(21)11-19-7-9-22-10-8-19/h3-6H,7-11H2,1-2H3/p+1. The van der Waals surface area contributed by atoms with Gasteiger partial charge in [-0.25, -0.2) is 0 Å². The lowest BCUT2D eigenvalue weighted by Gasteiger charge is -2.43. The number of rotatable bonds is 2. The van der Waals surface area contributed by atoms with E-state index in [1.54, 1.807) is 20.7 Å². The van der Waals surface area contributed by atoms with Crippen LogP contribution >= 0.6 is 32.9 Å². The van der Waals surface area contributed by atoms with E-state index in [1.807, 2.05) is 23.1 Å². The fourth-order valence-electron chi connectivity index (χ4n) is 3.75. The second-order valence-electron chi connectivity index (χ2n) is 7.00. The van der Waals surface area contributed by atoms with Gasteiger partial charge in [0.2, 0.25) is 0 Å². The molecule has 25 heavy (non-hydrogen) atoms. The molecule has 0 aliphatic carbocycles. The lowest BCUT2D eigenvalue weighted by molar-refractivity contribution is -0.900. The van der Waals surface area contributed by atoms with E-state index < -0.39 is 0 Å². The summed E-state index contributed by atoms with van der Waals surface area (Å²) in [7, 11) is 3.34. The van der Waals surface area contributed by atoms with Gasteiger partial charge in [-0.15, -0.1) is 0 Å². The third-order valence-electron chi connectivity index (χ3n) is 5.01. The first-order valence-electron chi connectivity index (χ1n) is 8.47. The van der Waals surface area contributed by atoms with E-state index in [1.165, 1.54) is 9.78 Å². The molecular weight excluding hydrogens is 372 g/mol. The number of carbonyl (C=O) groups excluding carboxylic acids is 1. The summed E-state index contributed by atoms with van der Waals surface area (Å²) < 4.78 is 6.34. The van der Waals surface area contributed by atoms with E-state index in [2.05, 4.69) is 19.9 Å². The molecular formula is C18H21N2O2S3+. The summed E-state index contributed by atoms with van der Waals surface area (Å²) in [6.45, 7) is 8.02. The Hall–Kier alpha value is -1.12. The molecule has 4 nitrogen and oxygen atoms in total. The Balaban J connectivity index is 1.77. The van der Waals surface area contributed by atoms with Crippen molar-refractivity contribution in [2.75, 3.05) is 37.7 Å². The number of quaternary nitrogens is 1. The molecule has 1 fully saturated rings. The minimum Gasteiger partial charge on any atom is -0.370 e. The van der Waals surface area contributed by atoms with Crippen LogP contribution < -0.4 is 9.80 Å². The Bertz CT molecular complexity index is 865. The Kier molecular flexibility index (Phi) is 4.54. The average molecular weight is 394 g/mol. The van der Waals surface area contributed by atoms with Gasteiger partial charge in [0.25, 0.3) is 5.91 Å². The molecule has 4 rings (SSSR count). The lowest BCUT2D eigenvalue weighted by Crippen LogP contribution is -3.15. The highest BCUT2D eigenvalue weighted by Gasteiger charge is 2.43. The van der Waals surface area contributed by atoms with Gasteiger partial charge in [0.05, 0.1) is 29.3 Å². The van der Waals surface area contributed by atoms with Crippen LogP contribution in [0, 0.1) is 3.82 Å². The van der Waals surface area contributed by atoms with Gasteiger partial charge in [-0.3, -0.25) is 9.69 Å². The number of amides is 1. The highest BCUT2D eigenvalue weighted by molar-refractivity contribution is 7.80. The number of para-hydroxylation sites is 1. The van der Waals surface area contributed by atoms with Gasteiger partial charge in [-0.2, -0.15) is 0 Å². The van der Waals surface area contributed by atoms with Crippen LogP contribution in [0.25, 0.3) is 11.1 Å². The van der Waals surface area contributed by atoms with Crippen LogP contribution in [0.2, 0.25) is 0 Å². The van der Waals surface area contributed by atoms with Crippen molar-refractivity contribution in [3.8, 4) is 11.1 Å². The summed E-state index contributed by atoms with van der Waals surface area (Å²) in [5, 5.41) is 0. The first kappa shape index (κ1) is 17.3. The number of carbonyl (C=O) groups is 1. The van der Waals surface area contributed by atoms with Crippen LogP contribution in [0.4, 0.5) is 5.69 Å². The minimum absolute atomic E-state index is 0.171. The normalized spacial score (nSPS) is 19.4. The Morgan fingerprint density at radius 3 is 2.76 bits per heavy atom. The monoisotopic (exact) mass is 393 g/mol. The van der Waals surface area contributed by atoms with Gasteiger partial charge in [-0.05, 0) is 19.9 Å². The van der Waals surface area contributed by atoms with E-state index in [0.717, 1.165) is 46.9 Å². The predicted octanol–water partition coefficient (Wildman–Crippen LogP) is 2.70. The zero-order valence-corrected chi connectivity index (χ0v) is 16.8. The van der Waals surface area contributed by atoms with Gasteiger partial charge < -0.3 is 9.64 Å². The Labute approximate surface area is 160 Å².